The number of nitrogens with one attached hydrogen (secondary N) is 1. The molecule has 1 amide bonds. The first-order valence-corrected chi connectivity index (χ1v) is 30.3. The molecule has 0 rings (SSSR count). The molecule has 0 aliphatic carbocycles. The standard InChI is InChI=1S/C65H117NO3/c1-3-5-7-9-11-13-15-17-19-21-23-25-27-28-29-30-31-32-33-34-35-36-37-38-39-41-43-45-47-49-51-53-55-57-59-61-65(69)66-63(62-67)64(68)60-58-56-54-52-50-48-46-44-42-40-26-24-22-20-18-16-14-12-10-8-6-4-2/h5,7,11,13,17,19,23,25,28-29,50,52,58,60,63-64,67-68H,3-4,6,8-10,12,14-16,18,20-22,24,26-27,30-49,51,53-57,59,61-62H2,1-2H3,(H,66,69)/b7-5-,13-11-,19-17-,25-23-,29-28-,52-50+,60-58+. The van der Waals surface area contributed by atoms with Crippen molar-refractivity contribution in [3.63, 3.8) is 0 Å². The summed E-state index contributed by atoms with van der Waals surface area (Å²) in [5.74, 6) is -0.0714. The highest BCUT2D eigenvalue weighted by Crippen LogP contribution is 2.17. The minimum absolute atomic E-state index is 0.0714. The molecule has 3 N–H and O–H groups in total. The Morgan fingerprint density at radius 1 is 0.362 bits per heavy atom. The number of unbranched alkanes of at least 4 members (excludes halogenated alkanes) is 36. The second-order valence-electron chi connectivity index (χ2n) is 20.4. The van der Waals surface area contributed by atoms with Gasteiger partial charge in [-0.15, -0.1) is 0 Å². The van der Waals surface area contributed by atoms with Crippen molar-refractivity contribution in [2.24, 2.45) is 0 Å². The third kappa shape index (κ3) is 56.4. The topological polar surface area (TPSA) is 69.6 Å². The molecule has 0 heterocycles. The van der Waals surface area contributed by atoms with Gasteiger partial charge in [-0.3, -0.25) is 4.79 Å². The largest absolute Gasteiger partial charge is 0.394 e. The van der Waals surface area contributed by atoms with Crippen LogP contribution in [0.5, 0.6) is 0 Å². The Balaban J connectivity index is 3.50. The summed E-state index contributed by atoms with van der Waals surface area (Å²) in [7, 11) is 0. The van der Waals surface area contributed by atoms with Crippen molar-refractivity contribution in [1.82, 2.24) is 5.32 Å². The van der Waals surface area contributed by atoms with Gasteiger partial charge >= 0.3 is 0 Å². The second kappa shape index (κ2) is 59.9. The van der Waals surface area contributed by atoms with Gasteiger partial charge < -0.3 is 15.5 Å². The van der Waals surface area contributed by atoms with Gasteiger partial charge in [0.15, 0.2) is 0 Å². The molecule has 0 aromatic carbocycles. The zero-order chi connectivity index (χ0) is 49.9. The van der Waals surface area contributed by atoms with Crippen molar-refractivity contribution >= 4 is 5.91 Å². The molecule has 0 aromatic rings. The number of aliphatic hydroxyl groups excluding tert-OH is 2. The average molecular weight is 961 g/mol. The molecule has 0 aromatic heterocycles. The summed E-state index contributed by atoms with van der Waals surface area (Å²) in [5.41, 5.74) is 0. The number of hydrogen-bond donors (Lipinski definition) is 3. The Labute approximate surface area is 431 Å². The van der Waals surface area contributed by atoms with Crippen LogP contribution in [-0.2, 0) is 4.79 Å². The van der Waals surface area contributed by atoms with Gasteiger partial charge in [0.1, 0.15) is 0 Å². The van der Waals surface area contributed by atoms with E-state index < -0.39 is 12.1 Å². The molecule has 400 valence electrons. The van der Waals surface area contributed by atoms with Crippen LogP contribution in [0.4, 0.5) is 0 Å². The van der Waals surface area contributed by atoms with Crippen LogP contribution in [0.2, 0.25) is 0 Å². The fourth-order valence-corrected chi connectivity index (χ4v) is 9.05. The Kier molecular flexibility index (Phi) is 57.8. The van der Waals surface area contributed by atoms with Crippen LogP contribution >= 0.6 is 0 Å². The van der Waals surface area contributed by atoms with E-state index >= 15 is 0 Å². The van der Waals surface area contributed by atoms with Crippen molar-refractivity contribution in [1.29, 1.82) is 0 Å². The highest BCUT2D eigenvalue weighted by molar-refractivity contribution is 5.76. The SMILES string of the molecule is CC/C=C\C/C=C\C/C=C\C/C=C\C/C=C\CCCCCCCCCCCCCCCCCCCCCC(=O)NC(CO)C(O)/C=C/CC/C=C/CCCCCCCCCCCCCCCCCC. The second-order valence-corrected chi connectivity index (χ2v) is 20.4. The number of amides is 1. The molecule has 2 atom stereocenters. The summed E-state index contributed by atoms with van der Waals surface area (Å²) in [6.45, 7) is 4.21. The first-order chi connectivity index (χ1) is 34.2. The van der Waals surface area contributed by atoms with Gasteiger partial charge in [0, 0.05) is 6.42 Å². The summed E-state index contributed by atoms with van der Waals surface area (Å²) in [6, 6.07) is -0.642. The lowest BCUT2D eigenvalue weighted by Crippen LogP contribution is -2.45. The fraction of sp³-hybridized carbons (Fsp3) is 0.769. The molecule has 0 saturated heterocycles. The van der Waals surface area contributed by atoms with Crippen LogP contribution in [0.1, 0.15) is 303 Å². The molecule has 0 saturated carbocycles. The minimum atomic E-state index is -0.865. The molecule has 2 unspecified atom stereocenters. The molecular formula is C65H117NO3. The lowest BCUT2D eigenvalue weighted by atomic mass is 10.0. The van der Waals surface area contributed by atoms with Crippen molar-refractivity contribution in [3.8, 4) is 0 Å². The van der Waals surface area contributed by atoms with Gasteiger partial charge in [0.05, 0.1) is 18.8 Å². The van der Waals surface area contributed by atoms with E-state index in [9.17, 15) is 15.0 Å². The highest BCUT2D eigenvalue weighted by Gasteiger charge is 2.18. The van der Waals surface area contributed by atoms with E-state index in [-0.39, 0.29) is 12.5 Å². The van der Waals surface area contributed by atoms with Gasteiger partial charge in [0.25, 0.3) is 0 Å². The zero-order valence-electron chi connectivity index (χ0n) is 46.1. The molecule has 0 aliphatic rings. The van der Waals surface area contributed by atoms with Gasteiger partial charge in [0.2, 0.25) is 5.91 Å². The molecular weight excluding hydrogens is 843 g/mol. The molecule has 0 fully saturated rings. The van der Waals surface area contributed by atoms with Crippen LogP contribution in [0, 0.1) is 0 Å². The predicted molar refractivity (Wildman–Crippen MR) is 308 cm³/mol. The maximum atomic E-state index is 12.5. The monoisotopic (exact) mass is 960 g/mol. The lowest BCUT2D eigenvalue weighted by Gasteiger charge is -2.19. The van der Waals surface area contributed by atoms with Crippen LogP contribution < -0.4 is 5.32 Å². The average Bonchev–Trinajstić information content (AvgIpc) is 3.35. The number of carbonyl (C=O) groups is 1. The fourth-order valence-electron chi connectivity index (χ4n) is 9.05. The maximum Gasteiger partial charge on any atom is 0.220 e. The molecule has 4 heteroatoms. The van der Waals surface area contributed by atoms with E-state index in [0.717, 1.165) is 64.2 Å². The van der Waals surface area contributed by atoms with Crippen LogP contribution in [0.3, 0.4) is 0 Å². The van der Waals surface area contributed by atoms with E-state index in [4.69, 9.17) is 0 Å². The molecule has 0 radical (unpaired) electrons. The highest BCUT2D eigenvalue weighted by atomic mass is 16.3. The normalized spacial score (nSPS) is 13.4. The van der Waals surface area contributed by atoms with Gasteiger partial charge in [-0.05, 0) is 77.0 Å². The summed E-state index contributed by atoms with van der Waals surface area (Å²) < 4.78 is 0. The zero-order valence-corrected chi connectivity index (χ0v) is 46.1. The first kappa shape index (κ1) is 66.6. The van der Waals surface area contributed by atoms with Crippen LogP contribution in [0.25, 0.3) is 0 Å². The molecule has 0 bridgehead atoms. The van der Waals surface area contributed by atoms with Crippen molar-refractivity contribution in [3.05, 3.63) is 85.1 Å². The molecule has 0 spiro atoms. The summed E-state index contributed by atoms with van der Waals surface area (Å²) in [5, 5.41) is 23.2. The molecule has 69 heavy (non-hydrogen) atoms. The Morgan fingerprint density at radius 3 is 1.01 bits per heavy atom. The Hall–Kier alpha value is -2.43. The smallest absolute Gasteiger partial charge is 0.220 e. The maximum absolute atomic E-state index is 12.5. The minimum Gasteiger partial charge on any atom is -0.394 e. The Morgan fingerprint density at radius 2 is 0.652 bits per heavy atom. The number of carbonyl (C=O) groups excluding carboxylic acids is 1. The number of aliphatic hydroxyl groups is 2. The predicted octanol–water partition coefficient (Wildman–Crippen LogP) is 20.3. The van der Waals surface area contributed by atoms with E-state index in [1.54, 1.807) is 6.08 Å². The number of allylic oxidation sites excluding steroid dienone is 13. The molecule has 0 aliphatic heterocycles. The molecule has 4 nitrogen and oxygen atoms in total. The Bertz CT molecular complexity index is 1230. The summed E-state index contributed by atoms with van der Waals surface area (Å²) in [6.07, 6.45) is 87.7. The summed E-state index contributed by atoms with van der Waals surface area (Å²) in [4.78, 5) is 12.5. The van der Waals surface area contributed by atoms with Crippen LogP contribution in [-0.4, -0.2) is 34.9 Å². The number of rotatable bonds is 55. The number of hydrogen-bond acceptors (Lipinski definition) is 3. The van der Waals surface area contributed by atoms with E-state index in [0.29, 0.717) is 6.42 Å². The van der Waals surface area contributed by atoms with E-state index in [1.165, 1.54) is 218 Å². The van der Waals surface area contributed by atoms with Crippen LogP contribution in [0.15, 0.2) is 85.1 Å². The summed E-state index contributed by atoms with van der Waals surface area (Å²) >= 11 is 0. The van der Waals surface area contributed by atoms with Gasteiger partial charge in [-0.1, -0.05) is 304 Å². The third-order valence-corrected chi connectivity index (χ3v) is 13.6. The van der Waals surface area contributed by atoms with Crippen molar-refractivity contribution in [2.75, 3.05) is 6.61 Å². The lowest BCUT2D eigenvalue weighted by molar-refractivity contribution is -0.123. The van der Waals surface area contributed by atoms with Crippen molar-refractivity contribution in [2.45, 2.75) is 315 Å². The van der Waals surface area contributed by atoms with E-state index in [1.807, 2.05) is 6.08 Å². The quantitative estimate of drug-likeness (QED) is 0.0420. The van der Waals surface area contributed by atoms with Gasteiger partial charge in [-0.2, -0.15) is 0 Å². The first-order valence-electron chi connectivity index (χ1n) is 30.3. The van der Waals surface area contributed by atoms with Gasteiger partial charge in [-0.25, -0.2) is 0 Å². The van der Waals surface area contributed by atoms with Crippen molar-refractivity contribution < 1.29 is 15.0 Å². The third-order valence-electron chi connectivity index (χ3n) is 13.6. The van der Waals surface area contributed by atoms with E-state index in [2.05, 4.69) is 92.1 Å².